The third kappa shape index (κ3) is 4.55. The maximum Gasteiger partial charge on any atom is 0.261 e. The van der Waals surface area contributed by atoms with Crippen LogP contribution in [0.25, 0.3) is 0 Å². The van der Waals surface area contributed by atoms with Crippen molar-refractivity contribution in [3.63, 3.8) is 0 Å². The molecule has 0 aliphatic rings. The molecule has 1 amide bonds. The molecule has 0 saturated carbocycles. The molecule has 0 unspecified atom stereocenters. The number of nitrogens with zero attached hydrogens (tertiary/aromatic N) is 1. The maximum absolute atomic E-state index is 12.9. The third-order valence-corrected chi connectivity index (χ3v) is 3.37. The van der Waals surface area contributed by atoms with E-state index in [1.165, 1.54) is 12.1 Å². The van der Waals surface area contributed by atoms with Crippen molar-refractivity contribution in [1.29, 1.82) is 5.26 Å². The van der Waals surface area contributed by atoms with Crippen LogP contribution in [0.15, 0.2) is 48.5 Å². The van der Waals surface area contributed by atoms with Crippen molar-refractivity contribution in [3.8, 4) is 11.8 Å². The highest BCUT2D eigenvalue weighted by atomic mass is 19.1. The summed E-state index contributed by atoms with van der Waals surface area (Å²) in [5.41, 5.74) is 1.27. The van der Waals surface area contributed by atoms with Gasteiger partial charge in [-0.3, -0.25) is 4.79 Å². The van der Waals surface area contributed by atoms with Gasteiger partial charge in [0.05, 0.1) is 17.7 Å². The average Bonchev–Trinajstić information content (AvgIpc) is 2.55. The van der Waals surface area contributed by atoms with Crippen molar-refractivity contribution < 1.29 is 13.9 Å². The van der Waals surface area contributed by atoms with E-state index in [0.29, 0.717) is 11.3 Å². The van der Waals surface area contributed by atoms with Crippen LogP contribution in [0.4, 0.5) is 4.39 Å². The van der Waals surface area contributed by atoms with E-state index < -0.39 is 6.10 Å². The van der Waals surface area contributed by atoms with Gasteiger partial charge in [-0.05, 0) is 49.7 Å². The largest absolute Gasteiger partial charge is 0.481 e. The van der Waals surface area contributed by atoms with Crippen molar-refractivity contribution in [2.75, 3.05) is 0 Å². The number of ether oxygens (including phenoxy) is 1. The minimum absolute atomic E-state index is 0.264. The van der Waals surface area contributed by atoms with Gasteiger partial charge in [-0.15, -0.1) is 0 Å². The molecule has 4 nitrogen and oxygen atoms in total. The zero-order valence-corrected chi connectivity index (χ0v) is 12.9. The smallest absolute Gasteiger partial charge is 0.261 e. The molecule has 0 heterocycles. The highest BCUT2D eigenvalue weighted by Crippen LogP contribution is 2.16. The lowest BCUT2D eigenvalue weighted by Crippen LogP contribution is -2.37. The first-order valence-electron chi connectivity index (χ1n) is 7.22. The van der Waals surface area contributed by atoms with Gasteiger partial charge >= 0.3 is 0 Å². The molecule has 0 radical (unpaired) electrons. The van der Waals surface area contributed by atoms with Crippen molar-refractivity contribution in [2.45, 2.75) is 26.0 Å². The van der Waals surface area contributed by atoms with Crippen LogP contribution in [0.1, 0.15) is 31.0 Å². The van der Waals surface area contributed by atoms with Crippen molar-refractivity contribution in [1.82, 2.24) is 5.32 Å². The van der Waals surface area contributed by atoms with Crippen LogP contribution in [0.2, 0.25) is 0 Å². The Morgan fingerprint density at radius 1 is 1.22 bits per heavy atom. The molecule has 0 bridgehead atoms. The second kappa shape index (κ2) is 7.41. The summed E-state index contributed by atoms with van der Waals surface area (Å²) in [5, 5.41) is 11.7. The van der Waals surface area contributed by atoms with E-state index in [1.807, 2.05) is 13.0 Å². The molecular weight excluding hydrogens is 295 g/mol. The SMILES string of the molecule is C[C@@H](Oc1cccc(C#N)c1)C(=O)N[C@H](C)c1ccc(F)cc1. The molecule has 2 atom stereocenters. The predicted octanol–water partition coefficient (Wildman–Crippen LogP) is 3.34. The molecule has 0 spiro atoms. The zero-order valence-electron chi connectivity index (χ0n) is 12.9. The van der Waals surface area contributed by atoms with Gasteiger partial charge in [0.15, 0.2) is 6.10 Å². The maximum atomic E-state index is 12.9. The van der Waals surface area contributed by atoms with Gasteiger partial charge in [0.1, 0.15) is 11.6 Å². The summed E-state index contributed by atoms with van der Waals surface area (Å²) in [5.74, 6) is -0.147. The molecule has 0 saturated heterocycles. The van der Waals surface area contributed by atoms with E-state index in [0.717, 1.165) is 5.56 Å². The van der Waals surface area contributed by atoms with E-state index in [9.17, 15) is 9.18 Å². The molecule has 5 heteroatoms. The van der Waals surface area contributed by atoms with Crippen LogP contribution < -0.4 is 10.1 Å². The molecule has 0 aromatic heterocycles. The van der Waals surface area contributed by atoms with Gasteiger partial charge in [0, 0.05) is 0 Å². The van der Waals surface area contributed by atoms with Crippen LogP contribution in [0.3, 0.4) is 0 Å². The normalized spacial score (nSPS) is 12.8. The Kier molecular flexibility index (Phi) is 5.32. The van der Waals surface area contributed by atoms with Crippen molar-refractivity contribution in [3.05, 3.63) is 65.5 Å². The van der Waals surface area contributed by atoms with Gasteiger partial charge in [-0.25, -0.2) is 4.39 Å². The lowest BCUT2D eigenvalue weighted by atomic mass is 10.1. The second-order valence-electron chi connectivity index (χ2n) is 5.18. The fourth-order valence-corrected chi connectivity index (χ4v) is 2.06. The predicted molar refractivity (Wildman–Crippen MR) is 84.2 cm³/mol. The first-order valence-corrected chi connectivity index (χ1v) is 7.22. The van der Waals surface area contributed by atoms with Crippen LogP contribution in [0, 0.1) is 17.1 Å². The quantitative estimate of drug-likeness (QED) is 0.921. The van der Waals surface area contributed by atoms with Crippen LogP contribution >= 0.6 is 0 Å². The van der Waals surface area contributed by atoms with E-state index >= 15 is 0 Å². The fourth-order valence-electron chi connectivity index (χ4n) is 2.06. The Bertz CT molecular complexity index is 723. The monoisotopic (exact) mass is 312 g/mol. The van der Waals surface area contributed by atoms with Crippen LogP contribution in [0.5, 0.6) is 5.75 Å². The second-order valence-corrected chi connectivity index (χ2v) is 5.18. The van der Waals surface area contributed by atoms with Crippen LogP contribution in [-0.4, -0.2) is 12.0 Å². The summed E-state index contributed by atoms with van der Waals surface area (Å²) < 4.78 is 18.5. The Morgan fingerprint density at radius 3 is 2.57 bits per heavy atom. The summed E-state index contributed by atoms with van der Waals surface area (Å²) >= 11 is 0. The van der Waals surface area contributed by atoms with E-state index in [4.69, 9.17) is 10.00 Å². The molecule has 2 rings (SSSR count). The van der Waals surface area contributed by atoms with E-state index in [2.05, 4.69) is 5.32 Å². The molecule has 118 valence electrons. The minimum Gasteiger partial charge on any atom is -0.481 e. The van der Waals surface area contributed by atoms with Crippen molar-refractivity contribution in [2.24, 2.45) is 0 Å². The lowest BCUT2D eigenvalue weighted by molar-refractivity contribution is -0.127. The van der Waals surface area contributed by atoms with Gasteiger partial charge in [-0.1, -0.05) is 18.2 Å². The van der Waals surface area contributed by atoms with E-state index in [-0.39, 0.29) is 17.8 Å². The molecule has 23 heavy (non-hydrogen) atoms. The molecule has 1 N–H and O–H groups in total. The Balaban J connectivity index is 1.96. The highest BCUT2D eigenvalue weighted by molar-refractivity contribution is 5.81. The Hall–Kier alpha value is -2.87. The van der Waals surface area contributed by atoms with Gasteiger partial charge in [-0.2, -0.15) is 5.26 Å². The molecule has 0 aliphatic heterocycles. The van der Waals surface area contributed by atoms with Gasteiger partial charge in [0.25, 0.3) is 5.91 Å². The minimum atomic E-state index is -0.716. The number of carbonyl (C=O) groups is 1. The summed E-state index contributed by atoms with van der Waals surface area (Å²) in [6, 6.07) is 14.3. The Labute approximate surface area is 134 Å². The first-order chi connectivity index (χ1) is 11.0. The lowest BCUT2D eigenvalue weighted by Gasteiger charge is -2.19. The van der Waals surface area contributed by atoms with Crippen molar-refractivity contribution >= 4 is 5.91 Å². The summed E-state index contributed by atoms with van der Waals surface area (Å²) in [4.78, 5) is 12.2. The molecule has 2 aromatic rings. The zero-order chi connectivity index (χ0) is 16.8. The number of carbonyl (C=O) groups excluding carboxylic acids is 1. The van der Waals surface area contributed by atoms with E-state index in [1.54, 1.807) is 43.3 Å². The number of hydrogen-bond acceptors (Lipinski definition) is 3. The number of rotatable bonds is 5. The first kappa shape index (κ1) is 16.5. The fraction of sp³-hybridized carbons (Fsp3) is 0.222. The number of hydrogen-bond donors (Lipinski definition) is 1. The number of amides is 1. The Morgan fingerprint density at radius 2 is 1.91 bits per heavy atom. The molecule has 0 fully saturated rings. The van der Waals surface area contributed by atoms with Gasteiger partial charge < -0.3 is 10.1 Å². The molecular formula is C18H17FN2O2. The number of nitriles is 1. The summed E-state index contributed by atoms with van der Waals surface area (Å²) in [6.07, 6.45) is -0.716. The number of halogens is 1. The topological polar surface area (TPSA) is 62.1 Å². The third-order valence-electron chi connectivity index (χ3n) is 3.37. The number of benzene rings is 2. The average molecular weight is 312 g/mol. The van der Waals surface area contributed by atoms with Crippen LogP contribution in [-0.2, 0) is 4.79 Å². The van der Waals surface area contributed by atoms with Gasteiger partial charge in [0.2, 0.25) is 0 Å². The molecule has 2 aromatic carbocycles. The highest BCUT2D eigenvalue weighted by Gasteiger charge is 2.18. The number of nitrogens with one attached hydrogen (secondary N) is 1. The summed E-state index contributed by atoms with van der Waals surface area (Å²) in [7, 11) is 0. The molecule has 0 aliphatic carbocycles. The summed E-state index contributed by atoms with van der Waals surface area (Å²) in [6.45, 7) is 3.44. The standard InChI is InChI=1S/C18H17FN2O2/c1-12(15-6-8-16(19)9-7-15)21-18(22)13(2)23-17-5-3-4-14(10-17)11-20/h3-10,12-13H,1-2H3,(H,21,22)/t12-,13-/m1/s1.